The molecule has 1 aromatic carbocycles. The molecule has 1 saturated carbocycles. The van der Waals surface area contributed by atoms with Crippen LogP contribution in [0.25, 0.3) is 0 Å². The van der Waals surface area contributed by atoms with Gasteiger partial charge in [-0.05, 0) is 50.3 Å². The first kappa shape index (κ1) is 15.7. The van der Waals surface area contributed by atoms with Gasteiger partial charge in [-0.3, -0.25) is 0 Å². The van der Waals surface area contributed by atoms with E-state index >= 15 is 0 Å². The molecule has 0 amide bonds. The Morgan fingerprint density at radius 2 is 1.95 bits per heavy atom. The average Bonchev–Trinajstić information content (AvgIpc) is 2.47. The number of halogens is 1. The molecule has 112 valence electrons. The zero-order chi connectivity index (χ0) is 14.5. The number of rotatable bonds is 5. The fourth-order valence-corrected chi connectivity index (χ4v) is 3.74. The van der Waals surface area contributed by atoms with E-state index in [4.69, 9.17) is 11.6 Å². The van der Waals surface area contributed by atoms with Crippen molar-refractivity contribution in [3.63, 3.8) is 0 Å². The van der Waals surface area contributed by atoms with Crippen LogP contribution < -0.4 is 10.2 Å². The second kappa shape index (κ2) is 7.33. The van der Waals surface area contributed by atoms with Crippen molar-refractivity contribution < 1.29 is 0 Å². The number of nitrogens with one attached hydrogen (secondary N) is 1. The van der Waals surface area contributed by atoms with Crippen LogP contribution in [0.1, 0.15) is 44.6 Å². The van der Waals surface area contributed by atoms with E-state index in [0.29, 0.717) is 6.04 Å². The van der Waals surface area contributed by atoms with Crippen molar-refractivity contribution in [2.45, 2.75) is 51.6 Å². The Balaban J connectivity index is 2.14. The van der Waals surface area contributed by atoms with Crippen molar-refractivity contribution in [2.24, 2.45) is 5.92 Å². The monoisotopic (exact) mass is 294 g/mol. The minimum atomic E-state index is 0.633. The molecule has 1 aliphatic rings. The molecular formula is C17H27ClN2. The van der Waals surface area contributed by atoms with E-state index in [1.807, 2.05) is 19.2 Å². The zero-order valence-electron chi connectivity index (χ0n) is 13.0. The molecule has 0 atom stereocenters. The quantitative estimate of drug-likeness (QED) is 0.862. The minimum Gasteiger partial charge on any atom is -0.370 e. The third kappa shape index (κ3) is 3.48. The molecular weight excluding hydrogens is 268 g/mol. The van der Waals surface area contributed by atoms with Crippen molar-refractivity contribution in [3.8, 4) is 0 Å². The molecule has 0 radical (unpaired) electrons. The van der Waals surface area contributed by atoms with Crippen LogP contribution >= 0.6 is 11.6 Å². The second-order valence-corrected chi connectivity index (χ2v) is 6.38. The maximum atomic E-state index is 6.47. The molecule has 1 aliphatic carbocycles. The lowest BCUT2D eigenvalue weighted by atomic mass is 9.84. The Kier molecular flexibility index (Phi) is 5.74. The van der Waals surface area contributed by atoms with Gasteiger partial charge in [0.2, 0.25) is 0 Å². The van der Waals surface area contributed by atoms with Crippen LogP contribution in [0.15, 0.2) is 18.2 Å². The molecule has 1 fully saturated rings. The summed E-state index contributed by atoms with van der Waals surface area (Å²) in [6.45, 7) is 3.18. The summed E-state index contributed by atoms with van der Waals surface area (Å²) in [5, 5.41) is 4.11. The first-order valence-electron chi connectivity index (χ1n) is 7.82. The zero-order valence-corrected chi connectivity index (χ0v) is 13.7. The van der Waals surface area contributed by atoms with E-state index < -0.39 is 0 Å². The lowest BCUT2D eigenvalue weighted by Gasteiger charge is -2.37. The number of anilines is 1. The summed E-state index contributed by atoms with van der Waals surface area (Å²) in [5.74, 6) is 0.933. The van der Waals surface area contributed by atoms with Gasteiger partial charge in [-0.1, -0.05) is 37.1 Å². The highest BCUT2D eigenvalue weighted by Gasteiger charge is 2.25. The fraction of sp³-hybridized carbons (Fsp3) is 0.647. The van der Waals surface area contributed by atoms with Crippen LogP contribution in [0.3, 0.4) is 0 Å². The predicted octanol–water partition coefficient (Wildman–Crippen LogP) is 4.46. The van der Waals surface area contributed by atoms with Gasteiger partial charge < -0.3 is 10.2 Å². The summed E-state index contributed by atoms with van der Waals surface area (Å²) in [6.07, 6.45) is 6.63. The summed E-state index contributed by atoms with van der Waals surface area (Å²) >= 11 is 6.47. The third-order valence-electron chi connectivity index (χ3n) is 4.73. The van der Waals surface area contributed by atoms with Crippen LogP contribution in [-0.2, 0) is 6.54 Å². The van der Waals surface area contributed by atoms with Gasteiger partial charge in [-0.25, -0.2) is 0 Å². The Morgan fingerprint density at radius 1 is 1.25 bits per heavy atom. The highest BCUT2D eigenvalue weighted by Crippen LogP contribution is 2.35. The van der Waals surface area contributed by atoms with E-state index in [9.17, 15) is 0 Å². The van der Waals surface area contributed by atoms with Gasteiger partial charge in [-0.2, -0.15) is 0 Å². The van der Waals surface area contributed by atoms with Crippen LogP contribution in [0, 0.1) is 5.92 Å². The van der Waals surface area contributed by atoms with Crippen LogP contribution in [0.2, 0.25) is 5.02 Å². The number of benzene rings is 1. The summed E-state index contributed by atoms with van der Waals surface area (Å²) in [4.78, 5) is 2.42. The lowest BCUT2D eigenvalue weighted by Crippen LogP contribution is -2.36. The van der Waals surface area contributed by atoms with Gasteiger partial charge in [0, 0.05) is 19.6 Å². The molecule has 3 heteroatoms. The van der Waals surface area contributed by atoms with E-state index in [-0.39, 0.29) is 0 Å². The Hall–Kier alpha value is -0.730. The Bertz CT molecular complexity index is 425. The van der Waals surface area contributed by atoms with Crippen LogP contribution in [0.5, 0.6) is 0 Å². The summed E-state index contributed by atoms with van der Waals surface area (Å²) in [7, 11) is 4.19. The maximum absolute atomic E-state index is 6.47. The summed E-state index contributed by atoms with van der Waals surface area (Å²) in [5.41, 5.74) is 2.50. The Morgan fingerprint density at radius 3 is 2.55 bits per heavy atom. The molecule has 0 aliphatic heterocycles. The molecule has 1 aromatic rings. The largest absolute Gasteiger partial charge is 0.370 e. The third-order valence-corrected chi connectivity index (χ3v) is 5.04. The highest BCUT2D eigenvalue weighted by molar-refractivity contribution is 6.33. The average molecular weight is 295 g/mol. The molecule has 2 rings (SSSR count). The minimum absolute atomic E-state index is 0.633. The van der Waals surface area contributed by atoms with Gasteiger partial charge in [0.1, 0.15) is 0 Å². The highest BCUT2D eigenvalue weighted by atomic mass is 35.5. The van der Waals surface area contributed by atoms with Gasteiger partial charge in [-0.15, -0.1) is 0 Å². The van der Waals surface area contributed by atoms with Gasteiger partial charge in [0.05, 0.1) is 10.7 Å². The van der Waals surface area contributed by atoms with Crippen molar-refractivity contribution in [1.82, 2.24) is 5.32 Å². The SMILES string of the molecule is CCC1CCC(N(C)c2c(Cl)cccc2CNC)CC1. The molecule has 20 heavy (non-hydrogen) atoms. The van der Waals surface area contributed by atoms with E-state index in [2.05, 4.69) is 30.3 Å². The van der Waals surface area contributed by atoms with Crippen LogP contribution in [0.4, 0.5) is 5.69 Å². The molecule has 0 aromatic heterocycles. The topological polar surface area (TPSA) is 15.3 Å². The standard InChI is InChI=1S/C17H27ClN2/c1-4-13-8-10-15(11-9-13)20(3)17-14(12-19-2)6-5-7-16(17)18/h5-7,13,15,19H,4,8-12H2,1-3H3. The molecule has 2 nitrogen and oxygen atoms in total. The molecule has 0 saturated heterocycles. The van der Waals surface area contributed by atoms with Crippen molar-refractivity contribution in [3.05, 3.63) is 28.8 Å². The van der Waals surface area contributed by atoms with E-state index in [1.54, 1.807) is 0 Å². The Labute approximate surface area is 128 Å². The summed E-state index contributed by atoms with van der Waals surface area (Å²) in [6, 6.07) is 6.85. The molecule has 0 bridgehead atoms. The van der Waals surface area contributed by atoms with Crippen molar-refractivity contribution in [2.75, 3.05) is 19.0 Å². The van der Waals surface area contributed by atoms with Gasteiger partial charge in [0.15, 0.2) is 0 Å². The number of para-hydroxylation sites is 1. The van der Waals surface area contributed by atoms with Gasteiger partial charge in [0.25, 0.3) is 0 Å². The maximum Gasteiger partial charge on any atom is 0.0642 e. The van der Waals surface area contributed by atoms with Crippen molar-refractivity contribution in [1.29, 1.82) is 0 Å². The number of nitrogens with zero attached hydrogens (tertiary/aromatic N) is 1. The number of hydrogen-bond donors (Lipinski definition) is 1. The first-order chi connectivity index (χ1) is 9.67. The lowest BCUT2D eigenvalue weighted by molar-refractivity contribution is 0.313. The smallest absolute Gasteiger partial charge is 0.0642 e. The molecule has 1 N–H and O–H groups in total. The van der Waals surface area contributed by atoms with Gasteiger partial charge >= 0.3 is 0 Å². The molecule has 0 unspecified atom stereocenters. The molecule has 0 spiro atoms. The van der Waals surface area contributed by atoms with Crippen LogP contribution in [-0.4, -0.2) is 20.1 Å². The van der Waals surface area contributed by atoms with E-state index in [0.717, 1.165) is 17.5 Å². The summed E-state index contributed by atoms with van der Waals surface area (Å²) < 4.78 is 0. The number of hydrogen-bond acceptors (Lipinski definition) is 2. The molecule has 0 heterocycles. The first-order valence-corrected chi connectivity index (χ1v) is 8.20. The van der Waals surface area contributed by atoms with Crippen molar-refractivity contribution >= 4 is 17.3 Å². The normalized spacial score (nSPS) is 22.8. The second-order valence-electron chi connectivity index (χ2n) is 5.97. The fourth-order valence-electron chi connectivity index (χ4n) is 3.41. The predicted molar refractivity (Wildman–Crippen MR) is 88.7 cm³/mol. The van der Waals surface area contributed by atoms with E-state index in [1.165, 1.54) is 43.4 Å².